The predicted octanol–water partition coefficient (Wildman–Crippen LogP) is 2.28. The van der Waals surface area contributed by atoms with Crippen LogP contribution in [0, 0.1) is 0 Å². The number of carbonyl (C=O) groups is 1. The van der Waals surface area contributed by atoms with Gasteiger partial charge in [-0.25, -0.2) is 4.98 Å². The first-order chi connectivity index (χ1) is 11.8. The lowest BCUT2D eigenvalue weighted by molar-refractivity contribution is 0.0455. The normalized spacial score (nSPS) is 25.5. The van der Waals surface area contributed by atoms with Gasteiger partial charge in [0.15, 0.2) is 0 Å². The van der Waals surface area contributed by atoms with Crippen molar-refractivity contribution in [3.63, 3.8) is 0 Å². The van der Waals surface area contributed by atoms with E-state index in [1.165, 1.54) is 19.3 Å². The number of nitrogens with zero attached hydrogens (tertiary/aromatic N) is 3. The number of aromatic nitrogens is 1. The van der Waals surface area contributed by atoms with Crippen LogP contribution in [0.5, 0.6) is 5.88 Å². The van der Waals surface area contributed by atoms with Gasteiger partial charge in [-0.15, -0.1) is 0 Å². The van der Waals surface area contributed by atoms with Crippen LogP contribution in [0.3, 0.4) is 0 Å². The summed E-state index contributed by atoms with van der Waals surface area (Å²) in [6, 6.07) is 4.38. The fraction of sp³-hybridized carbons (Fsp3) is 0.667. The topological polar surface area (TPSA) is 45.7 Å². The summed E-state index contributed by atoms with van der Waals surface area (Å²) < 4.78 is 5.91. The third kappa shape index (κ3) is 3.54. The van der Waals surface area contributed by atoms with Crippen molar-refractivity contribution in [2.75, 3.05) is 37.7 Å². The van der Waals surface area contributed by atoms with Gasteiger partial charge in [0.05, 0.1) is 0 Å². The van der Waals surface area contributed by atoms with Crippen LogP contribution >= 0.6 is 11.8 Å². The Labute approximate surface area is 147 Å². The molecule has 6 heteroatoms. The first kappa shape index (κ1) is 16.2. The van der Waals surface area contributed by atoms with Gasteiger partial charge in [-0.05, 0) is 31.1 Å². The molecule has 3 heterocycles. The van der Waals surface area contributed by atoms with Gasteiger partial charge in [-0.2, -0.15) is 11.8 Å². The van der Waals surface area contributed by atoms with Crippen molar-refractivity contribution in [1.29, 1.82) is 0 Å². The van der Waals surface area contributed by atoms with Crippen molar-refractivity contribution in [2.24, 2.45) is 0 Å². The van der Waals surface area contributed by atoms with Crippen molar-refractivity contribution in [2.45, 2.75) is 37.8 Å². The summed E-state index contributed by atoms with van der Waals surface area (Å²) in [6.07, 6.45) is 7.02. The summed E-state index contributed by atoms with van der Waals surface area (Å²) in [6.45, 7) is 3.66. The molecule has 24 heavy (non-hydrogen) atoms. The maximum atomic E-state index is 12.8. The van der Waals surface area contributed by atoms with E-state index in [1.54, 1.807) is 12.3 Å². The van der Waals surface area contributed by atoms with Gasteiger partial charge in [-0.1, -0.05) is 6.42 Å². The zero-order chi connectivity index (χ0) is 16.4. The molecule has 0 bridgehead atoms. The van der Waals surface area contributed by atoms with E-state index < -0.39 is 0 Å². The molecule has 1 aliphatic carbocycles. The molecule has 0 radical (unpaired) electrons. The summed E-state index contributed by atoms with van der Waals surface area (Å²) >= 11 is 1.91. The number of hydrogen-bond acceptors (Lipinski definition) is 5. The minimum Gasteiger partial charge on any atom is -0.473 e. The van der Waals surface area contributed by atoms with Gasteiger partial charge >= 0.3 is 0 Å². The lowest BCUT2D eigenvalue weighted by Crippen LogP contribution is -2.53. The highest BCUT2D eigenvalue weighted by molar-refractivity contribution is 7.99. The van der Waals surface area contributed by atoms with Crippen LogP contribution in [0.25, 0.3) is 0 Å². The van der Waals surface area contributed by atoms with E-state index in [1.807, 2.05) is 22.7 Å². The molecular weight excluding hydrogens is 322 g/mol. The molecular formula is C18H25N3O2S. The highest BCUT2D eigenvalue weighted by Crippen LogP contribution is 2.26. The van der Waals surface area contributed by atoms with Crippen molar-refractivity contribution in [3.05, 3.63) is 23.9 Å². The first-order valence-corrected chi connectivity index (χ1v) is 10.2. The molecule has 1 atom stereocenters. The standard InChI is InChI=1S/C18H25N3O2S/c22-18(21-9-7-20(8-10-21)15-2-1-3-15)14-4-6-19-17(12-14)23-16-5-11-24-13-16/h4,6,12,15-16H,1-3,5,7-11,13H2. The van der Waals surface area contributed by atoms with Gasteiger partial charge < -0.3 is 9.64 Å². The van der Waals surface area contributed by atoms with E-state index in [0.717, 1.165) is 50.1 Å². The molecule has 0 spiro atoms. The van der Waals surface area contributed by atoms with Crippen LogP contribution in [-0.4, -0.2) is 70.5 Å². The quantitative estimate of drug-likeness (QED) is 0.836. The summed E-state index contributed by atoms with van der Waals surface area (Å²) in [5, 5.41) is 0. The Morgan fingerprint density at radius 1 is 1.21 bits per heavy atom. The molecule has 3 aliphatic rings. The minimum atomic E-state index is 0.108. The van der Waals surface area contributed by atoms with E-state index in [-0.39, 0.29) is 12.0 Å². The van der Waals surface area contributed by atoms with E-state index in [0.29, 0.717) is 11.4 Å². The second kappa shape index (κ2) is 7.31. The van der Waals surface area contributed by atoms with Crippen molar-refractivity contribution in [1.82, 2.24) is 14.8 Å². The maximum absolute atomic E-state index is 12.8. The Bertz CT molecular complexity index is 579. The average Bonchev–Trinajstić information content (AvgIpc) is 3.07. The van der Waals surface area contributed by atoms with Gasteiger partial charge in [0.25, 0.3) is 5.91 Å². The second-order valence-electron chi connectivity index (χ2n) is 6.90. The smallest absolute Gasteiger partial charge is 0.254 e. The Balaban J connectivity index is 1.35. The van der Waals surface area contributed by atoms with Crippen LogP contribution in [0.1, 0.15) is 36.0 Å². The average molecular weight is 347 g/mol. The maximum Gasteiger partial charge on any atom is 0.254 e. The van der Waals surface area contributed by atoms with E-state index in [2.05, 4.69) is 9.88 Å². The zero-order valence-electron chi connectivity index (χ0n) is 14.0. The number of pyridine rings is 1. The molecule has 2 aliphatic heterocycles. The molecule has 130 valence electrons. The molecule has 0 N–H and O–H groups in total. The van der Waals surface area contributed by atoms with Crippen LogP contribution in [0.4, 0.5) is 0 Å². The number of piperazine rings is 1. The second-order valence-corrected chi connectivity index (χ2v) is 8.05. The summed E-state index contributed by atoms with van der Waals surface area (Å²) in [5.41, 5.74) is 0.697. The Kier molecular flexibility index (Phi) is 4.94. The highest BCUT2D eigenvalue weighted by atomic mass is 32.2. The van der Waals surface area contributed by atoms with Gasteiger partial charge in [0.2, 0.25) is 5.88 Å². The van der Waals surface area contributed by atoms with Gasteiger partial charge in [0, 0.05) is 55.8 Å². The van der Waals surface area contributed by atoms with Crippen LogP contribution in [0.2, 0.25) is 0 Å². The predicted molar refractivity (Wildman–Crippen MR) is 95.7 cm³/mol. The Morgan fingerprint density at radius 2 is 2.04 bits per heavy atom. The van der Waals surface area contributed by atoms with Crippen LogP contribution in [0.15, 0.2) is 18.3 Å². The fourth-order valence-electron chi connectivity index (χ4n) is 3.61. The van der Waals surface area contributed by atoms with Crippen molar-refractivity contribution < 1.29 is 9.53 Å². The monoisotopic (exact) mass is 347 g/mol. The van der Waals surface area contributed by atoms with E-state index >= 15 is 0 Å². The summed E-state index contributed by atoms with van der Waals surface area (Å²) in [7, 11) is 0. The third-order valence-corrected chi connectivity index (χ3v) is 6.48. The Hall–Kier alpha value is -1.27. The van der Waals surface area contributed by atoms with E-state index in [4.69, 9.17) is 4.74 Å². The number of ether oxygens (including phenoxy) is 1. The van der Waals surface area contributed by atoms with Crippen molar-refractivity contribution in [3.8, 4) is 5.88 Å². The molecule has 1 aromatic rings. The third-order valence-electron chi connectivity index (χ3n) is 5.35. The van der Waals surface area contributed by atoms with Crippen LogP contribution in [-0.2, 0) is 0 Å². The largest absolute Gasteiger partial charge is 0.473 e. The number of carbonyl (C=O) groups excluding carboxylic acids is 1. The van der Waals surface area contributed by atoms with E-state index in [9.17, 15) is 4.79 Å². The summed E-state index contributed by atoms with van der Waals surface area (Å²) in [4.78, 5) is 21.6. The SMILES string of the molecule is O=C(c1ccnc(OC2CCSC2)c1)N1CCN(C2CCC2)CC1. The van der Waals surface area contributed by atoms with Crippen LogP contribution < -0.4 is 4.74 Å². The Morgan fingerprint density at radius 3 is 2.71 bits per heavy atom. The number of hydrogen-bond donors (Lipinski definition) is 0. The minimum absolute atomic E-state index is 0.108. The molecule has 1 saturated carbocycles. The number of thioether (sulfide) groups is 1. The zero-order valence-corrected chi connectivity index (χ0v) is 14.8. The summed E-state index contributed by atoms with van der Waals surface area (Å²) in [5.74, 6) is 2.86. The fourth-order valence-corrected chi connectivity index (χ4v) is 4.70. The molecule has 5 nitrogen and oxygen atoms in total. The lowest BCUT2D eigenvalue weighted by Gasteiger charge is -2.42. The van der Waals surface area contributed by atoms with Gasteiger partial charge in [-0.3, -0.25) is 9.69 Å². The molecule has 4 rings (SSSR count). The molecule has 0 aromatic carbocycles. The molecule has 3 fully saturated rings. The molecule has 2 saturated heterocycles. The molecule has 1 aromatic heterocycles. The number of amides is 1. The molecule has 1 unspecified atom stereocenters. The highest BCUT2D eigenvalue weighted by Gasteiger charge is 2.29. The number of rotatable bonds is 4. The first-order valence-electron chi connectivity index (χ1n) is 9.03. The van der Waals surface area contributed by atoms with Gasteiger partial charge in [0.1, 0.15) is 6.10 Å². The van der Waals surface area contributed by atoms with Crippen molar-refractivity contribution >= 4 is 17.7 Å². The lowest BCUT2D eigenvalue weighted by atomic mass is 9.91. The molecule has 1 amide bonds.